The number of hydrogen-bond acceptors (Lipinski definition) is 2. The predicted octanol–water partition coefficient (Wildman–Crippen LogP) is 2.39. The third-order valence-corrected chi connectivity index (χ3v) is 4.43. The van der Waals surface area contributed by atoms with Crippen LogP contribution >= 0.6 is 0 Å². The largest absolute Gasteiger partial charge is 0.368 e. The Hall–Kier alpha value is -1.09. The summed E-state index contributed by atoms with van der Waals surface area (Å²) in [6.45, 7) is 1.86. The summed E-state index contributed by atoms with van der Waals surface area (Å²) < 4.78 is 13.3. The van der Waals surface area contributed by atoms with E-state index in [9.17, 15) is 4.39 Å². The van der Waals surface area contributed by atoms with Gasteiger partial charge in [-0.25, -0.2) is 4.39 Å². The monoisotopic (exact) mass is 234 g/mol. The topological polar surface area (TPSA) is 29.3 Å². The molecule has 0 radical (unpaired) electrons. The summed E-state index contributed by atoms with van der Waals surface area (Å²) in [6.07, 6.45) is 3.70. The van der Waals surface area contributed by atoms with Crippen LogP contribution in [0.1, 0.15) is 19.3 Å². The summed E-state index contributed by atoms with van der Waals surface area (Å²) in [5, 5.41) is 0. The van der Waals surface area contributed by atoms with Crippen LogP contribution in [0.4, 0.5) is 10.1 Å². The Morgan fingerprint density at radius 2 is 2.24 bits per heavy atom. The highest BCUT2D eigenvalue weighted by Crippen LogP contribution is 2.40. The van der Waals surface area contributed by atoms with E-state index in [1.807, 2.05) is 6.07 Å². The zero-order valence-electron chi connectivity index (χ0n) is 9.98. The molecule has 2 N–H and O–H groups in total. The summed E-state index contributed by atoms with van der Waals surface area (Å²) in [5.74, 6) is 1.24. The number of hydrogen-bond donors (Lipinski definition) is 1. The van der Waals surface area contributed by atoms with Crippen molar-refractivity contribution in [3.63, 3.8) is 0 Å². The predicted molar refractivity (Wildman–Crippen MR) is 67.4 cm³/mol. The van der Waals surface area contributed by atoms with Crippen molar-refractivity contribution in [3.05, 3.63) is 30.1 Å². The van der Waals surface area contributed by atoms with E-state index in [2.05, 4.69) is 4.90 Å². The number of halogens is 1. The lowest BCUT2D eigenvalue weighted by Crippen LogP contribution is -2.53. The van der Waals surface area contributed by atoms with Crippen molar-refractivity contribution in [2.45, 2.75) is 25.3 Å². The molecule has 3 heteroatoms. The van der Waals surface area contributed by atoms with Gasteiger partial charge in [-0.05, 0) is 55.8 Å². The third-order valence-electron chi connectivity index (χ3n) is 4.43. The van der Waals surface area contributed by atoms with Crippen LogP contribution in [0.15, 0.2) is 24.3 Å². The average molecular weight is 234 g/mol. The van der Waals surface area contributed by atoms with E-state index >= 15 is 0 Å². The van der Waals surface area contributed by atoms with Gasteiger partial charge in [0.2, 0.25) is 0 Å². The second-order valence-electron chi connectivity index (χ2n) is 5.35. The van der Waals surface area contributed by atoms with Gasteiger partial charge < -0.3 is 10.6 Å². The number of anilines is 1. The van der Waals surface area contributed by atoms with E-state index in [1.165, 1.54) is 25.3 Å². The molecule has 0 aromatic heterocycles. The van der Waals surface area contributed by atoms with E-state index in [-0.39, 0.29) is 5.82 Å². The molecule has 2 bridgehead atoms. The summed E-state index contributed by atoms with van der Waals surface area (Å²) in [7, 11) is 0. The Kier molecular flexibility index (Phi) is 2.79. The lowest BCUT2D eigenvalue weighted by Gasteiger charge is -2.50. The van der Waals surface area contributed by atoms with Crippen molar-refractivity contribution in [1.82, 2.24) is 0 Å². The SMILES string of the molecule is NCC1CC2CCC1CN2c1cccc(F)c1. The van der Waals surface area contributed by atoms with Crippen molar-refractivity contribution in [2.24, 2.45) is 17.6 Å². The second-order valence-corrected chi connectivity index (χ2v) is 5.35. The lowest BCUT2D eigenvalue weighted by molar-refractivity contribution is 0.167. The minimum Gasteiger partial charge on any atom is -0.368 e. The average Bonchev–Trinajstić information content (AvgIpc) is 2.39. The van der Waals surface area contributed by atoms with Crippen LogP contribution in [-0.2, 0) is 0 Å². The molecular formula is C14H19FN2. The normalized spacial score (nSPS) is 31.9. The summed E-state index contributed by atoms with van der Waals surface area (Å²) in [4.78, 5) is 2.38. The summed E-state index contributed by atoms with van der Waals surface area (Å²) in [5.41, 5.74) is 6.86. The maximum atomic E-state index is 13.3. The van der Waals surface area contributed by atoms with E-state index in [0.717, 1.165) is 18.8 Å². The highest BCUT2D eigenvalue weighted by molar-refractivity contribution is 5.48. The van der Waals surface area contributed by atoms with Gasteiger partial charge in [-0.3, -0.25) is 0 Å². The molecule has 3 aliphatic rings. The van der Waals surface area contributed by atoms with Crippen LogP contribution in [0.2, 0.25) is 0 Å². The molecule has 0 spiro atoms. The van der Waals surface area contributed by atoms with Crippen molar-refractivity contribution < 1.29 is 4.39 Å². The van der Waals surface area contributed by atoms with Crippen LogP contribution < -0.4 is 10.6 Å². The van der Waals surface area contributed by atoms with Crippen LogP contribution in [0, 0.1) is 17.7 Å². The van der Waals surface area contributed by atoms with E-state index in [0.29, 0.717) is 17.9 Å². The fourth-order valence-electron chi connectivity index (χ4n) is 3.49. The molecule has 4 rings (SSSR count). The highest BCUT2D eigenvalue weighted by Gasteiger charge is 2.39. The molecule has 2 heterocycles. The van der Waals surface area contributed by atoms with E-state index < -0.39 is 0 Å². The fourth-order valence-corrected chi connectivity index (χ4v) is 3.49. The number of benzene rings is 1. The summed E-state index contributed by atoms with van der Waals surface area (Å²) in [6, 6.07) is 7.54. The molecule has 1 saturated carbocycles. The Balaban J connectivity index is 1.83. The Morgan fingerprint density at radius 1 is 1.35 bits per heavy atom. The van der Waals surface area contributed by atoms with Gasteiger partial charge in [0.15, 0.2) is 0 Å². The van der Waals surface area contributed by atoms with Gasteiger partial charge in [-0.1, -0.05) is 6.07 Å². The van der Waals surface area contributed by atoms with Crippen LogP contribution in [0.3, 0.4) is 0 Å². The Bertz CT molecular complexity index is 407. The highest BCUT2D eigenvalue weighted by atomic mass is 19.1. The molecule has 1 aliphatic carbocycles. The van der Waals surface area contributed by atoms with Crippen LogP contribution in [-0.4, -0.2) is 19.1 Å². The molecule has 1 aromatic rings. The standard InChI is InChI=1S/C14H19FN2/c15-12-2-1-3-13(7-12)17-9-10-4-5-14(17)6-11(10)8-16/h1-3,7,10-11,14H,4-6,8-9,16H2. The zero-order chi connectivity index (χ0) is 11.8. The molecule has 3 fully saturated rings. The molecule has 17 heavy (non-hydrogen) atoms. The van der Waals surface area contributed by atoms with E-state index in [4.69, 9.17) is 5.73 Å². The first kappa shape index (κ1) is 11.0. The number of rotatable bonds is 2. The maximum Gasteiger partial charge on any atom is 0.125 e. The molecule has 2 aliphatic heterocycles. The fraction of sp³-hybridized carbons (Fsp3) is 0.571. The first-order valence-corrected chi connectivity index (χ1v) is 6.50. The number of piperidine rings is 2. The molecule has 3 unspecified atom stereocenters. The molecule has 3 atom stereocenters. The van der Waals surface area contributed by atoms with Gasteiger partial charge in [0.05, 0.1) is 0 Å². The quantitative estimate of drug-likeness (QED) is 0.851. The molecule has 0 amide bonds. The van der Waals surface area contributed by atoms with Crippen molar-refractivity contribution in [1.29, 1.82) is 0 Å². The molecule has 2 nitrogen and oxygen atoms in total. The minimum absolute atomic E-state index is 0.140. The van der Waals surface area contributed by atoms with E-state index in [1.54, 1.807) is 12.1 Å². The van der Waals surface area contributed by atoms with Gasteiger partial charge in [0.1, 0.15) is 5.82 Å². The van der Waals surface area contributed by atoms with Gasteiger partial charge in [-0.2, -0.15) is 0 Å². The van der Waals surface area contributed by atoms with Crippen LogP contribution in [0.25, 0.3) is 0 Å². The van der Waals surface area contributed by atoms with Gasteiger partial charge in [0.25, 0.3) is 0 Å². The first-order chi connectivity index (χ1) is 8.28. The molecule has 92 valence electrons. The molecular weight excluding hydrogens is 215 g/mol. The van der Waals surface area contributed by atoms with Gasteiger partial charge in [0, 0.05) is 18.3 Å². The van der Waals surface area contributed by atoms with Gasteiger partial charge in [-0.15, -0.1) is 0 Å². The minimum atomic E-state index is -0.140. The van der Waals surface area contributed by atoms with Crippen molar-refractivity contribution in [2.75, 3.05) is 18.0 Å². The first-order valence-electron chi connectivity index (χ1n) is 6.50. The smallest absolute Gasteiger partial charge is 0.125 e. The molecule has 2 saturated heterocycles. The number of fused-ring (bicyclic) bond motifs is 3. The van der Waals surface area contributed by atoms with Crippen molar-refractivity contribution >= 4 is 5.69 Å². The Morgan fingerprint density at radius 3 is 2.88 bits per heavy atom. The lowest BCUT2D eigenvalue weighted by atomic mass is 9.72. The molecule has 1 aromatic carbocycles. The van der Waals surface area contributed by atoms with Crippen LogP contribution in [0.5, 0.6) is 0 Å². The second kappa shape index (κ2) is 4.30. The van der Waals surface area contributed by atoms with Crippen molar-refractivity contribution in [3.8, 4) is 0 Å². The number of nitrogens with two attached hydrogens (primary N) is 1. The summed E-state index contributed by atoms with van der Waals surface area (Å²) >= 11 is 0. The Labute approximate surface area is 102 Å². The maximum absolute atomic E-state index is 13.3. The zero-order valence-corrected chi connectivity index (χ0v) is 9.98. The third kappa shape index (κ3) is 1.93. The number of nitrogens with zero attached hydrogens (tertiary/aromatic N) is 1. The van der Waals surface area contributed by atoms with Gasteiger partial charge >= 0.3 is 0 Å².